The van der Waals surface area contributed by atoms with Gasteiger partial charge in [-0.15, -0.1) is 0 Å². The van der Waals surface area contributed by atoms with Crippen molar-refractivity contribution in [1.29, 1.82) is 0 Å². The second-order valence-electron chi connectivity index (χ2n) is 3.68. The zero-order valence-electron chi connectivity index (χ0n) is 9.07. The molecule has 1 aromatic heterocycles. The minimum absolute atomic E-state index is 0.549. The Labute approximate surface area is 89.6 Å². The van der Waals surface area contributed by atoms with Crippen LogP contribution in [0.25, 0.3) is 5.69 Å². The van der Waals surface area contributed by atoms with Crippen molar-refractivity contribution in [3.8, 4) is 5.69 Å². The van der Waals surface area contributed by atoms with Crippen molar-refractivity contribution in [3.05, 3.63) is 47.5 Å². The smallest absolute Gasteiger partial charge is 0.110 e. The van der Waals surface area contributed by atoms with Gasteiger partial charge in [-0.3, -0.25) is 0 Å². The molecule has 15 heavy (non-hydrogen) atoms. The molecule has 0 fully saturated rings. The number of aryl methyl sites for hydroxylation is 2. The van der Waals surface area contributed by atoms with E-state index in [1.54, 1.807) is 6.20 Å². The number of nitrogens with zero attached hydrogens (tertiary/aromatic N) is 2. The van der Waals surface area contributed by atoms with Crippen molar-refractivity contribution in [2.75, 3.05) is 0 Å². The van der Waals surface area contributed by atoms with Crippen LogP contribution in [0.3, 0.4) is 0 Å². The third-order valence-corrected chi connectivity index (χ3v) is 2.55. The average Bonchev–Trinajstić information content (AvgIpc) is 2.64. The lowest BCUT2D eigenvalue weighted by atomic mass is 10.1. The number of aromatic nitrogens is 2. The normalized spacial score (nSPS) is 10.6. The average molecular weight is 201 g/mol. The standard InChI is InChI=1S/C12H15N3/c1-9-3-4-11(8-13)12(7-9)15-6-5-14-10(15)2/h3-7H,8,13H2,1-2H3. The molecule has 0 saturated carbocycles. The number of hydrogen-bond donors (Lipinski definition) is 1. The van der Waals surface area contributed by atoms with Gasteiger partial charge in [-0.25, -0.2) is 4.98 Å². The number of nitrogens with two attached hydrogens (primary N) is 1. The van der Waals surface area contributed by atoms with Crippen molar-refractivity contribution in [2.24, 2.45) is 5.73 Å². The van der Waals surface area contributed by atoms with Crippen molar-refractivity contribution < 1.29 is 0 Å². The van der Waals surface area contributed by atoms with Crippen LogP contribution in [0, 0.1) is 13.8 Å². The van der Waals surface area contributed by atoms with Crippen LogP contribution < -0.4 is 5.73 Å². The summed E-state index contributed by atoms with van der Waals surface area (Å²) in [6.07, 6.45) is 3.77. The van der Waals surface area contributed by atoms with Crippen molar-refractivity contribution >= 4 is 0 Å². The van der Waals surface area contributed by atoms with E-state index in [1.807, 2.05) is 13.1 Å². The number of benzene rings is 1. The largest absolute Gasteiger partial charge is 0.326 e. The number of hydrogen-bond acceptors (Lipinski definition) is 2. The van der Waals surface area contributed by atoms with Gasteiger partial charge in [0.15, 0.2) is 0 Å². The summed E-state index contributed by atoms with van der Waals surface area (Å²) in [5, 5.41) is 0. The Balaban J connectivity index is 2.60. The van der Waals surface area contributed by atoms with Crippen LogP contribution >= 0.6 is 0 Å². The first kappa shape index (κ1) is 9.93. The Morgan fingerprint density at radius 1 is 1.33 bits per heavy atom. The van der Waals surface area contributed by atoms with Gasteiger partial charge in [-0.2, -0.15) is 0 Å². The topological polar surface area (TPSA) is 43.8 Å². The summed E-state index contributed by atoms with van der Waals surface area (Å²) in [4.78, 5) is 4.22. The molecule has 0 atom stereocenters. The first-order chi connectivity index (χ1) is 7.22. The van der Waals surface area contributed by atoms with Gasteiger partial charge in [-0.05, 0) is 31.0 Å². The summed E-state index contributed by atoms with van der Waals surface area (Å²) in [7, 11) is 0. The van der Waals surface area contributed by atoms with Gasteiger partial charge >= 0.3 is 0 Å². The molecule has 1 heterocycles. The molecular formula is C12H15N3. The van der Waals surface area contributed by atoms with E-state index in [0.717, 1.165) is 17.1 Å². The van der Waals surface area contributed by atoms with E-state index >= 15 is 0 Å². The van der Waals surface area contributed by atoms with E-state index in [1.165, 1.54) is 5.56 Å². The van der Waals surface area contributed by atoms with Gasteiger partial charge < -0.3 is 10.3 Å². The zero-order chi connectivity index (χ0) is 10.8. The molecule has 2 rings (SSSR count). The minimum Gasteiger partial charge on any atom is -0.326 e. The van der Waals surface area contributed by atoms with E-state index in [4.69, 9.17) is 5.73 Å². The lowest BCUT2D eigenvalue weighted by Crippen LogP contribution is -2.05. The third kappa shape index (κ3) is 1.78. The quantitative estimate of drug-likeness (QED) is 0.807. The maximum absolute atomic E-state index is 5.72. The van der Waals surface area contributed by atoms with Crippen LogP contribution in [0.4, 0.5) is 0 Å². The van der Waals surface area contributed by atoms with Crippen molar-refractivity contribution in [1.82, 2.24) is 9.55 Å². The van der Waals surface area contributed by atoms with Gasteiger partial charge in [-0.1, -0.05) is 12.1 Å². The Kier molecular flexibility index (Phi) is 2.56. The summed E-state index contributed by atoms with van der Waals surface area (Å²) in [5.74, 6) is 0.982. The lowest BCUT2D eigenvalue weighted by molar-refractivity contribution is 0.934. The van der Waals surface area contributed by atoms with Crippen LogP contribution in [-0.4, -0.2) is 9.55 Å². The fourth-order valence-electron chi connectivity index (χ4n) is 1.70. The maximum Gasteiger partial charge on any atom is 0.110 e. The van der Waals surface area contributed by atoms with Gasteiger partial charge in [0, 0.05) is 18.9 Å². The zero-order valence-corrected chi connectivity index (χ0v) is 9.07. The van der Waals surface area contributed by atoms with Crippen LogP contribution in [0.15, 0.2) is 30.6 Å². The predicted octanol–water partition coefficient (Wildman–Crippen LogP) is 1.95. The van der Waals surface area contributed by atoms with E-state index in [9.17, 15) is 0 Å². The summed E-state index contributed by atoms with van der Waals surface area (Å²) in [6, 6.07) is 6.29. The lowest BCUT2D eigenvalue weighted by Gasteiger charge is -2.11. The number of rotatable bonds is 2. The number of imidazole rings is 1. The molecule has 0 bridgehead atoms. The molecule has 1 aromatic carbocycles. The molecule has 2 N–H and O–H groups in total. The molecule has 0 saturated heterocycles. The first-order valence-electron chi connectivity index (χ1n) is 5.02. The fraction of sp³-hybridized carbons (Fsp3) is 0.250. The maximum atomic E-state index is 5.72. The molecule has 0 unspecified atom stereocenters. The third-order valence-electron chi connectivity index (χ3n) is 2.55. The van der Waals surface area contributed by atoms with Crippen molar-refractivity contribution in [2.45, 2.75) is 20.4 Å². The van der Waals surface area contributed by atoms with E-state index in [-0.39, 0.29) is 0 Å². The van der Waals surface area contributed by atoms with Crippen LogP contribution in [-0.2, 0) is 6.54 Å². The SMILES string of the molecule is Cc1ccc(CN)c(-n2ccnc2C)c1. The highest BCUT2D eigenvalue weighted by atomic mass is 15.1. The minimum atomic E-state index is 0.549. The molecule has 0 amide bonds. The monoisotopic (exact) mass is 201 g/mol. The van der Waals surface area contributed by atoms with Crippen LogP contribution in [0.5, 0.6) is 0 Å². The van der Waals surface area contributed by atoms with E-state index in [2.05, 4.69) is 34.7 Å². The molecule has 78 valence electrons. The van der Waals surface area contributed by atoms with Gasteiger partial charge in [0.25, 0.3) is 0 Å². The summed E-state index contributed by atoms with van der Waals surface area (Å²) in [5.41, 5.74) is 9.23. The van der Waals surface area contributed by atoms with Crippen molar-refractivity contribution in [3.63, 3.8) is 0 Å². The second-order valence-corrected chi connectivity index (χ2v) is 3.68. The second kappa shape index (κ2) is 3.87. The summed E-state index contributed by atoms with van der Waals surface area (Å²) < 4.78 is 2.06. The van der Waals surface area contributed by atoms with Gasteiger partial charge in [0.1, 0.15) is 5.82 Å². The molecule has 3 nitrogen and oxygen atoms in total. The fourth-order valence-corrected chi connectivity index (χ4v) is 1.70. The van der Waals surface area contributed by atoms with Gasteiger partial charge in [0.2, 0.25) is 0 Å². The van der Waals surface area contributed by atoms with Crippen LogP contribution in [0.2, 0.25) is 0 Å². The Morgan fingerprint density at radius 2 is 2.13 bits per heavy atom. The summed E-state index contributed by atoms with van der Waals surface area (Å²) in [6.45, 7) is 4.62. The molecule has 0 aliphatic carbocycles. The molecule has 2 aromatic rings. The van der Waals surface area contributed by atoms with E-state index in [0.29, 0.717) is 6.54 Å². The molecule has 0 radical (unpaired) electrons. The summed E-state index contributed by atoms with van der Waals surface area (Å²) >= 11 is 0. The molecule has 3 heteroatoms. The predicted molar refractivity (Wildman–Crippen MR) is 60.9 cm³/mol. The van der Waals surface area contributed by atoms with E-state index < -0.39 is 0 Å². The highest BCUT2D eigenvalue weighted by Crippen LogP contribution is 2.17. The molecule has 0 aliphatic rings. The Morgan fingerprint density at radius 3 is 2.73 bits per heavy atom. The highest BCUT2D eigenvalue weighted by molar-refractivity contribution is 5.44. The van der Waals surface area contributed by atoms with Crippen LogP contribution in [0.1, 0.15) is 17.0 Å². The molecular weight excluding hydrogens is 186 g/mol. The highest BCUT2D eigenvalue weighted by Gasteiger charge is 2.05. The van der Waals surface area contributed by atoms with Gasteiger partial charge in [0.05, 0.1) is 5.69 Å². The first-order valence-corrected chi connectivity index (χ1v) is 5.02. The Hall–Kier alpha value is -1.61. The Bertz CT molecular complexity index is 471. The molecule has 0 aliphatic heterocycles. The molecule has 0 spiro atoms.